The molecule has 0 bridgehead atoms. The highest BCUT2D eigenvalue weighted by Crippen LogP contribution is 2.24. The van der Waals surface area contributed by atoms with Crippen molar-refractivity contribution in [3.63, 3.8) is 0 Å². The Bertz CT molecular complexity index is 399. The van der Waals surface area contributed by atoms with Crippen LogP contribution >= 0.6 is 0 Å². The quantitative estimate of drug-likeness (QED) is 0.862. The van der Waals surface area contributed by atoms with Crippen LogP contribution in [-0.2, 0) is 6.54 Å². The van der Waals surface area contributed by atoms with Crippen LogP contribution in [0.25, 0.3) is 0 Å². The van der Waals surface area contributed by atoms with Crippen LogP contribution in [0.4, 0.5) is 5.69 Å². The molecule has 20 heavy (non-hydrogen) atoms. The Labute approximate surface area is 123 Å². The van der Waals surface area contributed by atoms with Gasteiger partial charge in [-0.25, -0.2) is 0 Å². The number of nitrogens with one attached hydrogen (secondary N) is 1. The first-order chi connectivity index (χ1) is 9.76. The summed E-state index contributed by atoms with van der Waals surface area (Å²) >= 11 is 0. The number of hydrogen-bond acceptors (Lipinski definition) is 4. The summed E-state index contributed by atoms with van der Waals surface area (Å²) in [5.41, 5.74) is 2.63. The number of aromatic nitrogens is 1. The summed E-state index contributed by atoms with van der Waals surface area (Å²) in [5.74, 6) is 0. The maximum absolute atomic E-state index is 4.32. The summed E-state index contributed by atoms with van der Waals surface area (Å²) in [6.07, 6.45) is 6.41. The van der Waals surface area contributed by atoms with E-state index in [0.717, 1.165) is 13.1 Å². The van der Waals surface area contributed by atoms with Crippen molar-refractivity contribution in [2.45, 2.75) is 39.3 Å². The molecule has 1 N–H and O–H groups in total. The number of pyridine rings is 1. The van der Waals surface area contributed by atoms with Crippen LogP contribution in [0.3, 0.4) is 0 Å². The van der Waals surface area contributed by atoms with E-state index >= 15 is 0 Å². The van der Waals surface area contributed by atoms with Crippen LogP contribution in [0.1, 0.15) is 32.3 Å². The lowest BCUT2D eigenvalue weighted by Crippen LogP contribution is -2.43. The first-order valence-electron chi connectivity index (χ1n) is 7.85. The number of hydrogen-bond donors (Lipinski definition) is 1. The van der Waals surface area contributed by atoms with Gasteiger partial charge in [-0.15, -0.1) is 0 Å². The van der Waals surface area contributed by atoms with Gasteiger partial charge in [0, 0.05) is 38.9 Å². The molecule has 0 amide bonds. The van der Waals surface area contributed by atoms with Gasteiger partial charge in [0.25, 0.3) is 0 Å². The summed E-state index contributed by atoms with van der Waals surface area (Å²) < 4.78 is 0. The minimum absolute atomic E-state index is 0.641. The maximum atomic E-state index is 4.32. The predicted octanol–water partition coefficient (Wildman–Crippen LogP) is 2.11. The van der Waals surface area contributed by atoms with Crippen molar-refractivity contribution in [1.82, 2.24) is 15.2 Å². The van der Waals surface area contributed by atoms with Crippen LogP contribution in [0, 0.1) is 0 Å². The first kappa shape index (κ1) is 15.3. The largest absolute Gasteiger partial charge is 0.370 e. The Balaban J connectivity index is 2.03. The summed E-state index contributed by atoms with van der Waals surface area (Å²) in [6.45, 7) is 9.93. The maximum Gasteiger partial charge on any atom is 0.0598 e. The van der Waals surface area contributed by atoms with Gasteiger partial charge < -0.3 is 15.1 Å². The number of piperidine rings is 1. The van der Waals surface area contributed by atoms with Crippen LogP contribution in [-0.4, -0.2) is 49.2 Å². The Morgan fingerprint density at radius 2 is 2.10 bits per heavy atom. The van der Waals surface area contributed by atoms with E-state index in [1.807, 2.05) is 12.4 Å². The van der Waals surface area contributed by atoms with Gasteiger partial charge in [0.1, 0.15) is 0 Å². The molecule has 112 valence electrons. The van der Waals surface area contributed by atoms with Gasteiger partial charge in [0.2, 0.25) is 0 Å². The van der Waals surface area contributed by atoms with Crippen molar-refractivity contribution in [1.29, 1.82) is 0 Å². The molecule has 0 saturated carbocycles. The van der Waals surface area contributed by atoms with Gasteiger partial charge in [-0.1, -0.05) is 13.8 Å². The molecular weight excluding hydrogens is 248 g/mol. The van der Waals surface area contributed by atoms with Gasteiger partial charge in [0.05, 0.1) is 11.9 Å². The van der Waals surface area contributed by atoms with E-state index in [1.54, 1.807) is 0 Å². The second-order valence-electron chi connectivity index (χ2n) is 5.56. The third kappa shape index (κ3) is 3.70. The van der Waals surface area contributed by atoms with E-state index in [-0.39, 0.29) is 0 Å². The van der Waals surface area contributed by atoms with Crippen molar-refractivity contribution >= 4 is 5.69 Å². The average Bonchev–Trinajstić information content (AvgIpc) is 2.52. The topological polar surface area (TPSA) is 31.4 Å². The Morgan fingerprint density at radius 1 is 1.35 bits per heavy atom. The highest BCUT2D eigenvalue weighted by atomic mass is 15.2. The van der Waals surface area contributed by atoms with E-state index in [0.29, 0.717) is 6.04 Å². The minimum atomic E-state index is 0.641. The Kier molecular flexibility index (Phi) is 5.80. The van der Waals surface area contributed by atoms with Crippen LogP contribution in [0.2, 0.25) is 0 Å². The number of rotatable bonds is 6. The van der Waals surface area contributed by atoms with E-state index in [1.165, 1.54) is 43.7 Å². The molecule has 0 unspecified atom stereocenters. The van der Waals surface area contributed by atoms with Crippen LogP contribution < -0.4 is 10.2 Å². The molecule has 1 saturated heterocycles. The molecule has 4 nitrogen and oxygen atoms in total. The Hall–Kier alpha value is -1.13. The summed E-state index contributed by atoms with van der Waals surface area (Å²) in [6, 6.07) is 2.78. The van der Waals surface area contributed by atoms with Crippen molar-refractivity contribution in [2.24, 2.45) is 0 Å². The lowest BCUT2D eigenvalue weighted by molar-refractivity contribution is 0.220. The molecule has 2 heterocycles. The lowest BCUT2D eigenvalue weighted by Gasteiger charge is -2.38. The average molecular weight is 276 g/mol. The Morgan fingerprint density at radius 3 is 2.75 bits per heavy atom. The van der Waals surface area contributed by atoms with Gasteiger partial charge in [-0.3, -0.25) is 4.98 Å². The summed E-state index contributed by atoms with van der Waals surface area (Å²) in [7, 11) is 2.22. The predicted molar refractivity (Wildman–Crippen MR) is 85.2 cm³/mol. The zero-order valence-corrected chi connectivity index (χ0v) is 13.1. The third-order valence-electron chi connectivity index (χ3n) is 4.39. The number of anilines is 1. The lowest BCUT2D eigenvalue weighted by atomic mass is 10.0. The highest BCUT2D eigenvalue weighted by Gasteiger charge is 2.23. The minimum Gasteiger partial charge on any atom is -0.370 e. The molecule has 1 aromatic rings. The number of likely N-dealkylation sites (tertiary alicyclic amines) is 1. The second-order valence-corrected chi connectivity index (χ2v) is 5.56. The van der Waals surface area contributed by atoms with Crippen molar-refractivity contribution in [2.75, 3.05) is 38.1 Å². The van der Waals surface area contributed by atoms with Gasteiger partial charge in [-0.05, 0) is 37.6 Å². The van der Waals surface area contributed by atoms with Gasteiger partial charge in [0.15, 0.2) is 0 Å². The molecule has 0 aliphatic carbocycles. The monoisotopic (exact) mass is 276 g/mol. The zero-order valence-electron chi connectivity index (χ0n) is 13.1. The molecule has 2 rings (SSSR count). The molecule has 1 aromatic heterocycles. The van der Waals surface area contributed by atoms with Crippen molar-refractivity contribution < 1.29 is 0 Å². The van der Waals surface area contributed by atoms with E-state index in [4.69, 9.17) is 0 Å². The number of nitrogens with zero attached hydrogens (tertiary/aromatic N) is 3. The normalized spacial score (nSPS) is 17.4. The highest BCUT2D eigenvalue weighted by molar-refractivity contribution is 5.52. The molecule has 1 aliphatic rings. The molecular formula is C16H28N4. The fraction of sp³-hybridized carbons (Fsp3) is 0.688. The SMILES string of the molecule is CCNCc1ccncc1N(C)C1CCN(CC)CC1. The van der Waals surface area contributed by atoms with Gasteiger partial charge >= 0.3 is 0 Å². The van der Waals surface area contributed by atoms with Crippen molar-refractivity contribution in [3.05, 3.63) is 24.0 Å². The summed E-state index contributed by atoms with van der Waals surface area (Å²) in [5, 5.41) is 3.42. The molecule has 4 heteroatoms. The van der Waals surface area contributed by atoms with E-state index < -0.39 is 0 Å². The fourth-order valence-corrected chi connectivity index (χ4v) is 2.96. The summed E-state index contributed by atoms with van der Waals surface area (Å²) in [4.78, 5) is 9.29. The van der Waals surface area contributed by atoms with E-state index in [9.17, 15) is 0 Å². The van der Waals surface area contributed by atoms with Gasteiger partial charge in [-0.2, -0.15) is 0 Å². The van der Waals surface area contributed by atoms with Crippen LogP contribution in [0.15, 0.2) is 18.5 Å². The fourth-order valence-electron chi connectivity index (χ4n) is 2.96. The smallest absolute Gasteiger partial charge is 0.0598 e. The molecule has 0 radical (unpaired) electrons. The van der Waals surface area contributed by atoms with Crippen LogP contribution in [0.5, 0.6) is 0 Å². The molecule has 0 atom stereocenters. The molecule has 0 spiro atoms. The molecule has 0 aromatic carbocycles. The standard InChI is InChI=1S/C16H28N4/c1-4-17-12-14-6-9-18-13-16(14)19(3)15-7-10-20(5-2)11-8-15/h6,9,13,15,17H,4-5,7-8,10-12H2,1-3H3. The third-order valence-corrected chi connectivity index (χ3v) is 4.39. The first-order valence-corrected chi connectivity index (χ1v) is 7.85. The molecule has 1 fully saturated rings. The zero-order chi connectivity index (χ0) is 14.4. The second kappa shape index (κ2) is 7.60. The van der Waals surface area contributed by atoms with E-state index in [2.05, 4.69) is 47.1 Å². The molecule has 1 aliphatic heterocycles. The van der Waals surface area contributed by atoms with Crippen molar-refractivity contribution in [3.8, 4) is 0 Å².